The maximum atomic E-state index is 14.1. The first-order chi connectivity index (χ1) is 21.6. The molecule has 1 aliphatic rings. The zero-order valence-electron chi connectivity index (χ0n) is 25.9. The number of hydrogen-bond acceptors (Lipinski definition) is 8. The number of amides is 1. The fraction of sp³-hybridized carbons (Fsp3) is 0.294. The fourth-order valence-corrected chi connectivity index (χ4v) is 6.54. The third-order valence-electron chi connectivity index (χ3n) is 7.45. The Morgan fingerprint density at radius 1 is 1.13 bits per heavy atom. The fourth-order valence-electron chi connectivity index (χ4n) is 5.34. The number of esters is 1. The number of ether oxygens (including phenoxy) is 2. The van der Waals surface area contributed by atoms with Crippen molar-refractivity contribution in [1.29, 1.82) is 0 Å². The lowest BCUT2D eigenvalue weighted by Crippen LogP contribution is -2.43. The van der Waals surface area contributed by atoms with Gasteiger partial charge in [0.15, 0.2) is 4.80 Å². The minimum absolute atomic E-state index is 0.185. The summed E-state index contributed by atoms with van der Waals surface area (Å²) in [6.07, 6.45) is 1.33. The van der Waals surface area contributed by atoms with Crippen LogP contribution in [-0.4, -0.2) is 47.6 Å². The molecule has 5 rings (SSSR count). The number of rotatable bonds is 9. The summed E-state index contributed by atoms with van der Waals surface area (Å²) in [5.74, 6) is 0.658. The van der Waals surface area contributed by atoms with E-state index in [1.807, 2.05) is 38.1 Å². The number of nitrogens with zero attached hydrogens (tertiary/aromatic N) is 3. The summed E-state index contributed by atoms with van der Waals surface area (Å²) in [6, 6.07) is 14.9. The van der Waals surface area contributed by atoms with E-state index in [1.165, 1.54) is 11.3 Å². The Kier molecular flexibility index (Phi) is 9.45. The van der Waals surface area contributed by atoms with Gasteiger partial charge in [-0.25, -0.2) is 9.79 Å². The lowest BCUT2D eigenvalue weighted by Gasteiger charge is -2.29. The van der Waals surface area contributed by atoms with Crippen molar-refractivity contribution in [3.05, 3.63) is 107 Å². The molecule has 1 aliphatic heterocycles. The van der Waals surface area contributed by atoms with Gasteiger partial charge in [0.1, 0.15) is 23.3 Å². The van der Waals surface area contributed by atoms with Gasteiger partial charge >= 0.3 is 5.97 Å². The van der Waals surface area contributed by atoms with Crippen molar-refractivity contribution in [2.75, 3.05) is 20.2 Å². The molecule has 1 amide bonds. The van der Waals surface area contributed by atoms with Gasteiger partial charge in [-0.1, -0.05) is 41.1 Å². The molecule has 3 heterocycles. The number of furan rings is 1. The van der Waals surface area contributed by atoms with Crippen LogP contribution in [0.15, 0.2) is 80.1 Å². The minimum atomic E-state index is -0.749. The Morgan fingerprint density at radius 2 is 1.87 bits per heavy atom. The Hall–Kier alpha value is -4.41. The predicted octanol–water partition coefficient (Wildman–Crippen LogP) is 5.59. The average molecular weight is 648 g/mol. The van der Waals surface area contributed by atoms with Crippen LogP contribution in [0.4, 0.5) is 0 Å². The van der Waals surface area contributed by atoms with Gasteiger partial charge in [0.05, 0.1) is 34.6 Å². The number of thiazole rings is 1. The van der Waals surface area contributed by atoms with Crippen molar-refractivity contribution in [1.82, 2.24) is 9.47 Å². The number of para-hydroxylation sites is 1. The predicted molar refractivity (Wildman–Crippen MR) is 174 cm³/mol. The van der Waals surface area contributed by atoms with Crippen molar-refractivity contribution in [3.63, 3.8) is 0 Å². The molecule has 0 radical (unpaired) electrons. The molecular weight excluding hydrogens is 614 g/mol. The molecule has 0 saturated heterocycles. The number of halogens is 1. The highest BCUT2D eigenvalue weighted by Crippen LogP contribution is 2.36. The molecule has 9 nitrogen and oxygen atoms in total. The second-order valence-electron chi connectivity index (χ2n) is 10.6. The summed E-state index contributed by atoms with van der Waals surface area (Å²) in [4.78, 5) is 47.7. The topological polar surface area (TPSA) is 103 Å². The van der Waals surface area contributed by atoms with Crippen molar-refractivity contribution in [3.8, 4) is 17.1 Å². The highest BCUT2D eigenvalue weighted by atomic mass is 35.5. The van der Waals surface area contributed by atoms with Gasteiger partial charge in [0.2, 0.25) is 0 Å². The van der Waals surface area contributed by atoms with E-state index in [1.54, 1.807) is 73.8 Å². The van der Waals surface area contributed by atoms with Crippen molar-refractivity contribution in [2.24, 2.45) is 4.99 Å². The Labute approximate surface area is 269 Å². The molecule has 2 aromatic heterocycles. The normalized spacial score (nSPS) is 14.8. The minimum Gasteiger partial charge on any atom is -0.496 e. The van der Waals surface area contributed by atoms with Gasteiger partial charge in [0.25, 0.3) is 11.5 Å². The first-order valence-corrected chi connectivity index (χ1v) is 15.8. The summed E-state index contributed by atoms with van der Waals surface area (Å²) in [7, 11) is 1.56. The van der Waals surface area contributed by atoms with E-state index in [-0.39, 0.29) is 17.6 Å². The quantitative estimate of drug-likeness (QED) is 0.220. The molecule has 0 bridgehead atoms. The standard InChI is InChI=1S/C34H34ClN3O6S/c1-7-37(8-2)32(40)29-20(5)36-34-38(30(29)24-11-9-10-12-26(24)42-6)31(39)28(45-34)18-22-14-16-27(44-22)25-17-21(35)13-15-23(25)33(41)43-19(3)4/h9-19,30H,7-8H2,1-6H3/b28-18-/t30-/m1/s1. The Morgan fingerprint density at radius 3 is 2.56 bits per heavy atom. The van der Waals surface area contributed by atoms with E-state index in [9.17, 15) is 14.4 Å². The number of hydrogen-bond donors (Lipinski definition) is 0. The van der Waals surface area contributed by atoms with Crippen LogP contribution in [0.3, 0.4) is 0 Å². The first-order valence-electron chi connectivity index (χ1n) is 14.6. The van der Waals surface area contributed by atoms with Crippen LogP contribution in [-0.2, 0) is 9.53 Å². The van der Waals surface area contributed by atoms with Crippen molar-refractivity contribution >= 4 is 40.9 Å². The summed E-state index contributed by atoms with van der Waals surface area (Å²) in [6.45, 7) is 10.2. The number of carbonyl (C=O) groups is 2. The van der Waals surface area contributed by atoms with Crippen molar-refractivity contribution in [2.45, 2.75) is 46.8 Å². The Bertz CT molecular complexity index is 1980. The third-order valence-corrected chi connectivity index (χ3v) is 8.66. The van der Waals surface area contributed by atoms with Crippen LogP contribution < -0.4 is 19.6 Å². The maximum Gasteiger partial charge on any atom is 0.339 e. The van der Waals surface area contributed by atoms with Crippen LogP contribution in [0.25, 0.3) is 17.4 Å². The third kappa shape index (κ3) is 6.25. The first kappa shape index (κ1) is 32.0. The summed E-state index contributed by atoms with van der Waals surface area (Å²) < 4.78 is 19.1. The lowest BCUT2D eigenvalue weighted by atomic mass is 9.94. The van der Waals surface area contributed by atoms with Gasteiger partial charge in [-0.2, -0.15) is 0 Å². The van der Waals surface area contributed by atoms with Gasteiger partial charge in [0, 0.05) is 35.3 Å². The van der Waals surface area contributed by atoms with E-state index < -0.39 is 12.0 Å². The molecule has 0 spiro atoms. The molecule has 0 fully saturated rings. The summed E-state index contributed by atoms with van der Waals surface area (Å²) in [5.41, 5.74) is 2.10. The van der Waals surface area contributed by atoms with E-state index in [0.717, 1.165) is 0 Å². The van der Waals surface area contributed by atoms with E-state index >= 15 is 0 Å². The average Bonchev–Trinajstić information content (AvgIpc) is 3.60. The lowest BCUT2D eigenvalue weighted by molar-refractivity contribution is -0.127. The molecule has 0 unspecified atom stereocenters. The highest BCUT2D eigenvalue weighted by molar-refractivity contribution is 7.07. The zero-order valence-corrected chi connectivity index (χ0v) is 27.5. The smallest absolute Gasteiger partial charge is 0.339 e. The van der Waals surface area contributed by atoms with Crippen LogP contribution >= 0.6 is 22.9 Å². The van der Waals surface area contributed by atoms with Crippen LogP contribution in [0, 0.1) is 0 Å². The van der Waals surface area contributed by atoms with Gasteiger partial charge in [-0.15, -0.1) is 0 Å². The monoisotopic (exact) mass is 647 g/mol. The summed E-state index contributed by atoms with van der Waals surface area (Å²) in [5, 5.41) is 0.430. The molecule has 4 aromatic rings. The molecule has 0 saturated carbocycles. The van der Waals surface area contributed by atoms with Crippen LogP contribution in [0.1, 0.15) is 62.3 Å². The van der Waals surface area contributed by atoms with E-state index in [2.05, 4.69) is 0 Å². The molecule has 0 aliphatic carbocycles. The van der Waals surface area contributed by atoms with Crippen molar-refractivity contribution < 1.29 is 23.5 Å². The number of carbonyl (C=O) groups excluding carboxylic acids is 2. The van der Waals surface area contributed by atoms with Crippen LogP contribution in [0.2, 0.25) is 5.02 Å². The summed E-state index contributed by atoms with van der Waals surface area (Å²) >= 11 is 7.47. The number of aromatic nitrogens is 1. The van der Waals surface area contributed by atoms with Crippen LogP contribution in [0.5, 0.6) is 5.75 Å². The Balaban J connectivity index is 1.64. The largest absolute Gasteiger partial charge is 0.496 e. The molecular formula is C34H34ClN3O6S. The molecule has 2 aromatic carbocycles. The van der Waals surface area contributed by atoms with Gasteiger partial charge in [-0.3, -0.25) is 14.2 Å². The van der Waals surface area contributed by atoms with E-state index in [0.29, 0.717) is 72.7 Å². The zero-order chi connectivity index (χ0) is 32.4. The highest BCUT2D eigenvalue weighted by Gasteiger charge is 2.35. The number of methoxy groups -OCH3 is 1. The number of fused-ring (bicyclic) bond motifs is 1. The molecule has 11 heteroatoms. The second kappa shape index (κ2) is 13.3. The second-order valence-corrected chi connectivity index (χ2v) is 12.1. The number of likely N-dealkylation sites (N-methyl/N-ethyl adjacent to an activating group) is 1. The molecule has 0 N–H and O–H groups in total. The van der Waals surface area contributed by atoms with Gasteiger partial charge < -0.3 is 18.8 Å². The SMILES string of the molecule is CCN(CC)C(=O)C1=C(C)N=c2s/c(=C\c3ccc(-c4cc(Cl)ccc4C(=O)OC(C)C)o3)c(=O)n2[C@@H]1c1ccccc1OC. The molecule has 45 heavy (non-hydrogen) atoms. The number of benzene rings is 2. The van der Waals surface area contributed by atoms with E-state index in [4.69, 9.17) is 30.5 Å². The molecule has 1 atom stereocenters. The van der Waals surface area contributed by atoms with Gasteiger partial charge in [-0.05, 0) is 71.0 Å². The number of allylic oxidation sites excluding steroid dienone is 1. The maximum absolute atomic E-state index is 14.1. The molecule has 234 valence electrons.